The minimum Gasteiger partial charge on any atom is -0.383 e. The Morgan fingerprint density at radius 2 is 1.88 bits per heavy atom. The summed E-state index contributed by atoms with van der Waals surface area (Å²) in [6.45, 7) is 0.578. The van der Waals surface area contributed by atoms with Gasteiger partial charge in [0, 0.05) is 26.7 Å². The maximum atomic E-state index is 11.7. The first-order chi connectivity index (χ1) is 7.45. The van der Waals surface area contributed by atoms with E-state index in [1.54, 1.807) is 12.4 Å². The van der Waals surface area contributed by atoms with E-state index in [0.29, 0.717) is 19.7 Å². The lowest BCUT2D eigenvalue weighted by Gasteiger charge is -2.10. The molecule has 0 radical (unpaired) electrons. The third kappa shape index (κ3) is 11.1. The molecule has 0 aliphatic carbocycles. The van der Waals surface area contributed by atoms with Crippen LogP contribution in [0.3, 0.4) is 0 Å². The zero-order valence-electron chi connectivity index (χ0n) is 8.99. The van der Waals surface area contributed by atoms with Crippen molar-refractivity contribution in [3.63, 3.8) is 0 Å². The van der Waals surface area contributed by atoms with Gasteiger partial charge in [-0.1, -0.05) is 0 Å². The van der Waals surface area contributed by atoms with E-state index in [1.165, 1.54) is 0 Å². The van der Waals surface area contributed by atoms with Crippen molar-refractivity contribution in [1.29, 1.82) is 0 Å². The summed E-state index contributed by atoms with van der Waals surface area (Å²) in [4.78, 5) is 10.8. The first-order valence-electron chi connectivity index (χ1n) is 4.74. The number of ether oxygens (including phenoxy) is 1. The van der Waals surface area contributed by atoms with Crippen LogP contribution in [-0.2, 0) is 4.74 Å². The summed E-state index contributed by atoms with van der Waals surface area (Å²) in [6.07, 6.45) is -4.38. The third-order valence-electron chi connectivity index (χ3n) is 1.52. The van der Waals surface area contributed by atoms with Gasteiger partial charge in [-0.3, -0.25) is 0 Å². The molecule has 8 heteroatoms. The Morgan fingerprint density at radius 3 is 2.44 bits per heavy atom. The highest BCUT2D eigenvalue weighted by Gasteiger charge is 2.27. The fraction of sp³-hybridized carbons (Fsp3) is 0.875. The van der Waals surface area contributed by atoms with Gasteiger partial charge in [0.15, 0.2) is 0 Å². The van der Waals surface area contributed by atoms with E-state index in [4.69, 9.17) is 4.74 Å². The van der Waals surface area contributed by atoms with Crippen molar-refractivity contribution in [2.24, 2.45) is 0 Å². The molecule has 3 N–H and O–H groups in total. The average molecular weight is 243 g/mol. The molecule has 0 aliphatic rings. The quantitative estimate of drug-likeness (QED) is 0.555. The molecule has 0 spiro atoms. The normalized spacial score (nSPS) is 11.2. The second-order valence-corrected chi connectivity index (χ2v) is 2.97. The summed E-state index contributed by atoms with van der Waals surface area (Å²) in [5.74, 6) is 0. The number of halogens is 3. The van der Waals surface area contributed by atoms with Gasteiger partial charge in [-0.05, 0) is 0 Å². The van der Waals surface area contributed by atoms with Gasteiger partial charge in [-0.25, -0.2) is 4.79 Å². The van der Waals surface area contributed by atoms with E-state index in [2.05, 4.69) is 10.6 Å². The molecule has 2 amide bonds. The largest absolute Gasteiger partial charge is 0.405 e. The molecular formula is C8H16F3N3O2. The van der Waals surface area contributed by atoms with E-state index < -0.39 is 18.8 Å². The zero-order chi connectivity index (χ0) is 12.4. The molecule has 16 heavy (non-hydrogen) atoms. The second kappa shape index (κ2) is 8.17. The van der Waals surface area contributed by atoms with Gasteiger partial charge in [-0.2, -0.15) is 13.2 Å². The first-order valence-corrected chi connectivity index (χ1v) is 4.74. The van der Waals surface area contributed by atoms with Crippen molar-refractivity contribution < 1.29 is 22.7 Å². The number of amides is 2. The van der Waals surface area contributed by atoms with Crippen molar-refractivity contribution in [2.45, 2.75) is 6.18 Å². The summed E-state index contributed by atoms with van der Waals surface area (Å²) in [5, 5.41) is 6.90. The molecule has 0 rings (SSSR count). The molecule has 0 saturated heterocycles. The van der Waals surface area contributed by atoms with Crippen molar-refractivity contribution >= 4 is 6.03 Å². The lowest BCUT2D eigenvalue weighted by atomic mass is 10.5. The standard InChI is InChI=1S/C8H16F3N3O2/c1-16-5-4-12-2-3-13-7(15)14-6-8(9,10)11/h12H,2-6H2,1H3,(H2,13,14,15). The number of carbonyl (C=O) groups excluding carboxylic acids is 1. The van der Waals surface area contributed by atoms with Crippen LogP contribution in [-0.4, -0.2) is 52.1 Å². The highest BCUT2D eigenvalue weighted by molar-refractivity contribution is 5.73. The van der Waals surface area contributed by atoms with Crippen LogP contribution in [0.2, 0.25) is 0 Å². The Kier molecular flexibility index (Phi) is 7.65. The van der Waals surface area contributed by atoms with Crippen molar-refractivity contribution in [1.82, 2.24) is 16.0 Å². The molecule has 0 aromatic carbocycles. The smallest absolute Gasteiger partial charge is 0.383 e. The predicted octanol–water partition coefficient (Wildman–Crippen LogP) is 0.0839. The van der Waals surface area contributed by atoms with Gasteiger partial charge in [0.2, 0.25) is 0 Å². The van der Waals surface area contributed by atoms with Crippen LogP contribution >= 0.6 is 0 Å². The number of urea groups is 1. The number of nitrogens with one attached hydrogen (secondary N) is 3. The molecular weight excluding hydrogens is 227 g/mol. The van der Waals surface area contributed by atoms with E-state index in [9.17, 15) is 18.0 Å². The molecule has 0 saturated carbocycles. The Bertz CT molecular complexity index is 199. The summed E-state index contributed by atoms with van der Waals surface area (Å²) < 4.78 is 39.8. The lowest BCUT2D eigenvalue weighted by molar-refractivity contribution is -0.122. The van der Waals surface area contributed by atoms with Crippen LogP contribution in [0.25, 0.3) is 0 Å². The van der Waals surface area contributed by atoms with Gasteiger partial charge in [-0.15, -0.1) is 0 Å². The molecule has 0 heterocycles. The van der Waals surface area contributed by atoms with E-state index in [0.717, 1.165) is 0 Å². The van der Waals surface area contributed by atoms with Crippen molar-refractivity contribution in [3.05, 3.63) is 0 Å². The van der Waals surface area contributed by atoms with Crippen LogP contribution in [0.15, 0.2) is 0 Å². The summed E-state index contributed by atoms with van der Waals surface area (Å²) >= 11 is 0. The Morgan fingerprint density at radius 1 is 1.19 bits per heavy atom. The lowest BCUT2D eigenvalue weighted by Crippen LogP contribution is -2.43. The molecule has 0 bridgehead atoms. The molecule has 5 nitrogen and oxygen atoms in total. The van der Waals surface area contributed by atoms with Crippen molar-refractivity contribution in [2.75, 3.05) is 39.9 Å². The Labute approximate surface area is 91.7 Å². The van der Waals surface area contributed by atoms with Crippen LogP contribution in [0, 0.1) is 0 Å². The number of carbonyl (C=O) groups is 1. The van der Waals surface area contributed by atoms with Crippen LogP contribution in [0.4, 0.5) is 18.0 Å². The van der Waals surface area contributed by atoms with Crippen molar-refractivity contribution in [3.8, 4) is 0 Å². The van der Waals surface area contributed by atoms with E-state index in [-0.39, 0.29) is 6.54 Å². The fourth-order valence-electron chi connectivity index (χ4n) is 0.807. The van der Waals surface area contributed by atoms with Gasteiger partial charge < -0.3 is 20.7 Å². The van der Waals surface area contributed by atoms with Gasteiger partial charge in [0.1, 0.15) is 6.54 Å². The Hall–Kier alpha value is -1.02. The molecule has 0 aromatic rings. The molecule has 0 aliphatic heterocycles. The molecule has 0 fully saturated rings. The van der Waals surface area contributed by atoms with Crippen LogP contribution < -0.4 is 16.0 Å². The second-order valence-electron chi connectivity index (χ2n) is 2.97. The summed E-state index contributed by atoms with van der Waals surface area (Å²) in [7, 11) is 1.56. The monoisotopic (exact) mass is 243 g/mol. The average Bonchev–Trinajstić information content (AvgIpc) is 2.19. The van der Waals surface area contributed by atoms with Crippen LogP contribution in [0.1, 0.15) is 0 Å². The van der Waals surface area contributed by atoms with E-state index >= 15 is 0 Å². The minimum atomic E-state index is -4.38. The third-order valence-corrected chi connectivity index (χ3v) is 1.52. The maximum Gasteiger partial charge on any atom is 0.405 e. The van der Waals surface area contributed by atoms with Crippen LogP contribution in [0.5, 0.6) is 0 Å². The molecule has 96 valence electrons. The van der Waals surface area contributed by atoms with Gasteiger partial charge in [0.05, 0.1) is 6.61 Å². The topological polar surface area (TPSA) is 62.4 Å². The summed E-state index contributed by atoms with van der Waals surface area (Å²) in [6, 6.07) is -0.828. The van der Waals surface area contributed by atoms with Gasteiger partial charge >= 0.3 is 12.2 Å². The number of hydrogen-bond acceptors (Lipinski definition) is 3. The molecule has 0 atom stereocenters. The molecule has 0 aromatic heterocycles. The Balaban J connectivity index is 3.31. The number of alkyl halides is 3. The zero-order valence-corrected chi connectivity index (χ0v) is 8.99. The minimum absolute atomic E-state index is 0.257. The fourth-order valence-corrected chi connectivity index (χ4v) is 0.807. The SMILES string of the molecule is COCCNCCNC(=O)NCC(F)(F)F. The first kappa shape index (κ1) is 15.0. The number of methoxy groups -OCH3 is 1. The highest BCUT2D eigenvalue weighted by atomic mass is 19.4. The molecule has 0 unspecified atom stereocenters. The number of hydrogen-bond donors (Lipinski definition) is 3. The predicted molar refractivity (Wildman–Crippen MR) is 52.2 cm³/mol. The maximum absolute atomic E-state index is 11.7. The number of rotatable bonds is 7. The van der Waals surface area contributed by atoms with Gasteiger partial charge in [0.25, 0.3) is 0 Å². The highest BCUT2D eigenvalue weighted by Crippen LogP contribution is 2.11. The summed E-state index contributed by atoms with van der Waals surface area (Å²) in [5.41, 5.74) is 0. The van der Waals surface area contributed by atoms with E-state index in [1.807, 2.05) is 0 Å².